The number of carbonyl (C=O) groups excluding carboxylic acids is 1. The summed E-state index contributed by atoms with van der Waals surface area (Å²) in [5.41, 5.74) is 0.352. The van der Waals surface area contributed by atoms with Gasteiger partial charge in [0.25, 0.3) is 0 Å². The Labute approximate surface area is 105 Å². The summed E-state index contributed by atoms with van der Waals surface area (Å²) in [7, 11) is 0. The summed E-state index contributed by atoms with van der Waals surface area (Å²) in [5.74, 6) is 0. The molecule has 1 heterocycles. The van der Waals surface area contributed by atoms with Crippen molar-refractivity contribution in [3.63, 3.8) is 0 Å². The van der Waals surface area contributed by atoms with E-state index in [1.54, 1.807) is 0 Å². The van der Waals surface area contributed by atoms with Gasteiger partial charge in [-0.1, -0.05) is 42.5 Å². The Bertz CT molecular complexity index is 611. The summed E-state index contributed by atoms with van der Waals surface area (Å²) in [6, 6.07) is 14.1. The number of benzene rings is 2. The van der Waals surface area contributed by atoms with E-state index in [-0.39, 0.29) is 6.10 Å². The first kappa shape index (κ1) is 11.1. The highest BCUT2D eigenvalue weighted by atomic mass is 16.8. The first-order valence-electron chi connectivity index (χ1n) is 5.95. The molecule has 1 saturated heterocycles. The summed E-state index contributed by atoms with van der Waals surface area (Å²) < 4.78 is 10.5. The van der Waals surface area contributed by atoms with Gasteiger partial charge in [-0.3, -0.25) is 0 Å². The molecule has 0 spiro atoms. The second-order valence-corrected chi connectivity index (χ2v) is 5.02. The van der Waals surface area contributed by atoms with Crippen molar-refractivity contribution in [2.24, 2.45) is 0 Å². The van der Waals surface area contributed by atoms with Crippen LogP contribution >= 0.6 is 0 Å². The van der Waals surface area contributed by atoms with Crippen LogP contribution in [0.3, 0.4) is 0 Å². The van der Waals surface area contributed by atoms with Crippen molar-refractivity contribution < 1.29 is 14.3 Å². The number of hydrogen-bond acceptors (Lipinski definition) is 3. The van der Waals surface area contributed by atoms with Crippen molar-refractivity contribution in [2.45, 2.75) is 25.6 Å². The summed E-state index contributed by atoms with van der Waals surface area (Å²) in [6.07, 6.45) is -0.964. The van der Waals surface area contributed by atoms with Gasteiger partial charge in [0.2, 0.25) is 0 Å². The van der Waals surface area contributed by atoms with E-state index in [0.717, 1.165) is 16.3 Å². The number of cyclic esters (lactones) is 2. The predicted octanol–water partition coefficient (Wildman–Crippen LogP) is 3.83. The second kappa shape index (κ2) is 3.73. The van der Waals surface area contributed by atoms with Crippen LogP contribution < -0.4 is 0 Å². The van der Waals surface area contributed by atoms with Gasteiger partial charge in [0.15, 0.2) is 11.7 Å². The van der Waals surface area contributed by atoms with Gasteiger partial charge in [-0.2, -0.15) is 0 Å². The third-order valence-electron chi connectivity index (χ3n) is 3.30. The Hall–Kier alpha value is -2.03. The highest BCUT2D eigenvalue weighted by molar-refractivity contribution is 5.86. The van der Waals surface area contributed by atoms with Gasteiger partial charge in [0.1, 0.15) is 0 Å². The molecule has 1 atom stereocenters. The average Bonchev–Trinajstić information content (AvgIpc) is 2.61. The van der Waals surface area contributed by atoms with E-state index in [9.17, 15) is 4.79 Å². The minimum atomic E-state index is -0.638. The molecule has 1 aliphatic rings. The fraction of sp³-hybridized carbons (Fsp3) is 0.267. The molecule has 3 heteroatoms. The Balaban J connectivity index is 2.18. The van der Waals surface area contributed by atoms with Gasteiger partial charge in [-0.25, -0.2) is 4.79 Å². The van der Waals surface area contributed by atoms with Crippen LogP contribution in [0.2, 0.25) is 0 Å². The lowest BCUT2D eigenvalue weighted by molar-refractivity contribution is 0.0647. The summed E-state index contributed by atoms with van der Waals surface area (Å²) in [4.78, 5) is 11.3. The molecule has 1 aliphatic heterocycles. The number of rotatable bonds is 1. The van der Waals surface area contributed by atoms with E-state index in [2.05, 4.69) is 0 Å². The van der Waals surface area contributed by atoms with Crippen LogP contribution in [-0.2, 0) is 9.47 Å². The lowest BCUT2D eigenvalue weighted by Crippen LogP contribution is -2.26. The molecule has 0 amide bonds. The van der Waals surface area contributed by atoms with Gasteiger partial charge in [-0.05, 0) is 24.6 Å². The van der Waals surface area contributed by atoms with E-state index in [0.29, 0.717) is 0 Å². The first-order valence-corrected chi connectivity index (χ1v) is 5.95. The first-order chi connectivity index (χ1) is 8.58. The fourth-order valence-electron chi connectivity index (χ4n) is 2.45. The fourth-order valence-corrected chi connectivity index (χ4v) is 2.45. The summed E-state index contributed by atoms with van der Waals surface area (Å²) in [6.45, 7) is 3.73. The van der Waals surface area contributed by atoms with E-state index in [1.165, 1.54) is 0 Å². The molecule has 0 radical (unpaired) electrons. The molecule has 18 heavy (non-hydrogen) atoms. The maximum absolute atomic E-state index is 11.3. The molecule has 2 aromatic rings. The Morgan fingerprint density at radius 1 is 1.06 bits per heavy atom. The van der Waals surface area contributed by atoms with Crippen molar-refractivity contribution in [1.82, 2.24) is 0 Å². The van der Waals surface area contributed by atoms with E-state index in [4.69, 9.17) is 9.47 Å². The summed E-state index contributed by atoms with van der Waals surface area (Å²) in [5, 5.41) is 2.23. The smallest absolute Gasteiger partial charge is 0.424 e. The predicted molar refractivity (Wildman–Crippen MR) is 68.3 cm³/mol. The van der Waals surface area contributed by atoms with Crippen molar-refractivity contribution in [3.05, 3.63) is 48.0 Å². The van der Waals surface area contributed by atoms with Crippen LogP contribution in [-0.4, -0.2) is 11.8 Å². The minimum absolute atomic E-state index is 0.365. The topological polar surface area (TPSA) is 35.5 Å². The molecule has 0 bridgehead atoms. The minimum Gasteiger partial charge on any atom is -0.424 e. The van der Waals surface area contributed by atoms with E-state index < -0.39 is 11.8 Å². The molecular weight excluding hydrogens is 228 g/mol. The van der Waals surface area contributed by atoms with Crippen molar-refractivity contribution in [1.29, 1.82) is 0 Å². The normalized spacial score (nSPS) is 21.7. The monoisotopic (exact) mass is 242 g/mol. The third-order valence-corrected chi connectivity index (χ3v) is 3.30. The van der Waals surface area contributed by atoms with Crippen LogP contribution in [0.1, 0.15) is 25.5 Å². The molecule has 92 valence electrons. The van der Waals surface area contributed by atoms with Crippen LogP contribution in [0, 0.1) is 0 Å². The molecule has 3 rings (SSSR count). The van der Waals surface area contributed by atoms with Gasteiger partial charge in [0.05, 0.1) is 0 Å². The van der Waals surface area contributed by atoms with E-state index in [1.807, 2.05) is 56.3 Å². The zero-order chi connectivity index (χ0) is 12.8. The lowest BCUT2D eigenvalue weighted by atomic mass is 9.91. The molecule has 0 aliphatic carbocycles. The maximum atomic E-state index is 11.3. The molecule has 0 N–H and O–H groups in total. The van der Waals surface area contributed by atoms with Crippen LogP contribution in [0.4, 0.5) is 4.79 Å². The number of hydrogen-bond donors (Lipinski definition) is 0. The zero-order valence-corrected chi connectivity index (χ0v) is 10.3. The highest BCUT2D eigenvalue weighted by Gasteiger charge is 2.45. The number of fused-ring (bicyclic) bond motifs is 1. The third kappa shape index (κ3) is 1.63. The Morgan fingerprint density at radius 3 is 2.50 bits per heavy atom. The van der Waals surface area contributed by atoms with Crippen molar-refractivity contribution in [2.75, 3.05) is 0 Å². The van der Waals surface area contributed by atoms with Crippen molar-refractivity contribution >= 4 is 16.9 Å². The lowest BCUT2D eigenvalue weighted by Gasteiger charge is -2.23. The van der Waals surface area contributed by atoms with Crippen LogP contribution in [0.5, 0.6) is 0 Å². The number of ether oxygens (including phenoxy) is 2. The largest absolute Gasteiger partial charge is 0.509 e. The Morgan fingerprint density at radius 2 is 1.78 bits per heavy atom. The van der Waals surface area contributed by atoms with Crippen LogP contribution in [0.15, 0.2) is 42.5 Å². The molecule has 2 aromatic carbocycles. The number of carbonyl (C=O) groups is 1. The van der Waals surface area contributed by atoms with Crippen LogP contribution in [0.25, 0.3) is 10.8 Å². The van der Waals surface area contributed by atoms with Gasteiger partial charge >= 0.3 is 6.16 Å². The van der Waals surface area contributed by atoms with Gasteiger partial charge in [-0.15, -0.1) is 0 Å². The molecule has 3 nitrogen and oxygen atoms in total. The average molecular weight is 242 g/mol. The van der Waals surface area contributed by atoms with Gasteiger partial charge < -0.3 is 9.47 Å². The zero-order valence-electron chi connectivity index (χ0n) is 10.3. The Kier molecular flexibility index (Phi) is 2.30. The van der Waals surface area contributed by atoms with Gasteiger partial charge in [0, 0.05) is 5.56 Å². The molecule has 0 aromatic heterocycles. The van der Waals surface area contributed by atoms with Crippen molar-refractivity contribution in [3.8, 4) is 0 Å². The van der Waals surface area contributed by atoms with E-state index >= 15 is 0 Å². The quantitative estimate of drug-likeness (QED) is 0.713. The molecule has 0 unspecified atom stereocenters. The molecule has 0 saturated carbocycles. The highest BCUT2D eigenvalue weighted by Crippen LogP contribution is 2.40. The molecule has 1 fully saturated rings. The standard InChI is InChI=1S/C15H14O3/c1-15(2)13(17-14(16)18-15)12-9-5-7-10-6-3-4-8-11(10)12/h3-9,13H,1-2H3/t13-/m1/s1. The SMILES string of the molecule is CC1(C)OC(=O)O[C@@H]1c1cccc2ccccc12. The summed E-state index contributed by atoms with van der Waals surface area (Å²) >= 11 is 0. The second-order valence-electron chi connectivity index (χ2n) is 5.02. The maximum Gasteiger partial charge on any atom is 0.509 e. The molecular formula is C15H14O3.